The van der Waals surface area contributed by atoms with Crippen molar-refractivity contribution >= 4 is 37.9 Å². The number of halogens is 2. The minimum Gasteiger partial charge on any atom is -0.0697 e. The Morgan fingerprint density at radius 1 is 1.04 bits per heavy atom. The molecule has 5 rings (SSSR count). The van der Waals surface area contributed by atoms with Crippen LogP contribution in [0.4, 0.5) is 0 Å². The summed E-state index contributed by atoms with van der Waals surface area (Å²) >= 11 is 7.63. The number of rotatable bonds is 3. The van der Waals surface area contributed by atoms with Crippen molar-refractivity contribution in [3.05, 3.63) is 83.9 Å². The molecule has 0 heterocycles. The highest BCUT2D eigenvalue weighted by atomic mass is 79.9. The topological polar surface area (TPSA) is 0 Å². The maximum atomic E-state index is 3.90. The summed E-state index contributed by atoms with van der Waals surface area (Å²) in [7, 11) is 0. The van der Waals surface area contributed by atoms with Gasteiger partial charge in [-0.15, -0.1) is 0 Å². The Balaban J connectivity index is 1.44. The molecule has 28 heavy (non-hydrogen) atoms. The first kappa shape index (κ1) is 18.9. The Labute approximate surface area is 185 Å². The highest BCUT2D eigenvalue weighted by molar-refractivity contribution is 9.12. The SMILES string of the molecule is CC1=CC2C(=C1CCC1C(C)=Cc3c(Br)cccc31)C=C(Br)C1=C2CCCC1. The van der Waals surface area contributed by atoms with Crippen LogP contribution >= 0.6 is 31.9 Å². The minimum atomic E-state index is 0.549. The van der Waals surface area contributed by atoms with Crippen LogP contribution in [0.3, 0.4) is 0 Å². The van der Waals surface area contributed by atoms with Gasteiger partial charge in [-0.3, -0.25) is 0 Å². The van der Waals surface area contributed by atoms with E-state index in [-0.39, 0.29) is 0 Å². The molecule has 0 saturated carbocycles. The van der Waals surface area contributed by atoms with Crippen LogP contribution in [0.1, 0.15) is 69.4 Å². The van der Waals surface area contributed by atoms with Gasteiger partial charge in [0.05, 0.1) is 0 Å². The summed E-state index contributed by atoms with van der Waals surface area (Å²) in [6.07, 6.45) is 14.9. The summed E-state index contributed by atoms with van der Waals surface area (Å²) in [6.45, 7) is 4.62. The average Bonchev–Trinajstić information content (AvgIpc) is 3.18. The van der Waals surface area contributed by atoms with Crippen LogP contribution in [0, 0.1) is 5.92 Å². The van der Waals surface area contributed by atoms with Crippen molar-refractivity contribution in [1.29, 1.82) is 0 Å². The largest absolute Gasteiger partial charge is 0.0697 e. The molecular formula is C26H26Br2. The molecule has 4 aliphatic rings. The molecule has 0 aromatic heterocycles. The van der Waals surface area contributed by atoms with Crippen LogP contribution in [0.15, 0.2) is 72.7 Å². The van der Waals surface area contributed by atoms with Gasteiger partial charge in [0.25, 0.3) is 0 Å². The highest BCUT2D eigenvalue weighted by Crippen LogP contribution is 2.50. The summed E-state index contributed by atoms with van der Waals surface area (Å²) in [5.41, 5.74) is 12.3. The Morgan fingerprint density at radius 2 is 1.86 bits per heavy atom. The van der Waals surface area contributed by atoms with Gasteiger partial charge in [0, 0.05) is 20.8 Å². The first-order valence-electron chi connectivity index (χ1n) is 10.5. The van der Waals surface area contributed by atoms with E-state index in [9.17, 15) is 0 Å². The van der Waals surface area contributed by atoms with Gasteiger partial charge in [0.2, 0.25) is 0 Å². The molecule has 0 saturated heterocycles. The molecular weight excluding hydrogens is 472 g/mol. The van der Waals surface area contributed by atoms with Crippen molar-refractivity contribution in [3.63, 3.8) is 0 Å². The molecule has 1 aromatic carbocycles. The first-order valence-corrected chi connectivity index (χ1v) is 12.1. The summed E-state index contributed by atoms with van der Waals surface area (Å²) in [6, 6.07) is 6.65. The standard InChI is InChI=1S/C26H26Br2/c1-15-12-22-20-6-3-4-7-21(20)26(28)14-23(22)18(15)11-10-17-16(2)13-24-19(17)8-5-9-25(24)27/h5,8-9,12-14,17,22H,3-4,6-7,10-11H2,1-2H3. The quantitative estimate of drug-likeness (QED) is 0.391. The van der Waals surface area contributed by atoms with E-state index in [0.717, 1.165) is 6.42 Å². The van der Waals surface area contributed by atoms with Gasteiger partial charge >= 0.3 is 0 Å². The molecule has 1 aromatic rings. The number of fused-ring (bicyclic) bond motifs is 3. The van der Waals surface area contributed by atoms with Gasteiger partial charge in [-0.2, -0.15) is 0 Å². The fourth-order valence-corrected chi connectivity index (χ4v) is 6.88. The third-order valence-corrected chi connectivity index (χ3v) is 8.50. The van der Waals surface area contributed by atoms with Gasteiger partial charge in [-0.05, 0) is 92.4 Å². The minimum absolute atomic E-state index is 0.549. The van der Waals surface area contributed by atoms with Crippen molar-refractivity contribution < 1.29 is 0 Å². The summed E-state index contributed by atoms with van der Waals surface area (Å²) in [5.74, 6) is 1.10. The second-order valence-corrected chi connectivity index (χ2v) is 10.4. The van der Waals surface area contributed by atoms with Gasteiger partial charge in [0.15, 0.2) is 0 Å². The summed E-state index contributed by atoms with van der Waals surface area (Å²) < 4.78 is 2.57. The third-order valence-electron chi connectivity index (χ3n) is 7.10. The van der Waals surface area contributed by atoms with Crippen LogP contribution in [0.2, 0.25) is 0 Å². The fourth-order valence-electron chi connectivity index (χ4n) is 5.69. The van der Waals surface area contributed by atoms with E-state index >= 15 is 0 Å². The third kappa shape index (κ3) is 2.99. The van der Waals surface area contributed by atoms with Gasteiger partial charge in [-0.1, -0.05) is 72.9 Å². The second-order valence-electron chi connectivity index (χ2n) is 8.69. The lowest BCUT2D eigenvalue weighted by molar-refractivity contribution is 0.635. The normalized spacial score (nSPS) is 25.9. The van der Waals surface area contributed by atoms with Crippen molar-refractivity contribution in [2.75, 3.05) is 0 Å². The first-order chi connectivity index (χ1) is 13.5. The Morgan fingerprint density at radius 3 is 2.71 bits per heavy atom. The van der Waals surface area contributed by atoms with Crippen molar-refractivity contribution in [2.45, 2.75) is 58.3 Å². The molecule has 2 heteroatoms. The molecule has 0 amide bonds. The summed E-state index contributed by atoms with van der Waals surface area (Å²) in [5, 5.41) is 0. The molecule has 0 N–H and O–H groups in total. The maximum Gasteiger partial charge on any atom is 0.0250 e. The van der Waals surface area contributed by atoms with Crippen LogP contribution in [0.25, 0.3) is 6.08 Å². The molecule has 4 aliphatic carbocycles. The number of hydrogen-bond acceptors (Lipinski definition) is 0. The molecule has 0 aliphatic heterocycles. The Kier molecular flexibility index (Phi) is 4.92. The lowest BCUT2D eigenvalue weighted by Crippen LogP contribution is -2.14. The summed E-state index contributed by atoms with van der Waals surface area (Å²) in [4.78, 5) is 0. The Bertz CT molecular complexity index is 1010. The van der Waals surface area contributed by atoms with E-state index in [2.05, 4.69) is 82.1 Å². The smallest absolute Gasteiger partial charge is 0.0250 e. The van der Waals surface area contributed by atoms with Crippen LogP contribution in [0.5, 0.6) is 0 Å². The van der Waals surface area contributed by atoms with Crippen LogP contribution < -0.4 is 0 Å². The van der Waals surface area contributed by atoms with Gasteiger partial charge < -0.3 is 0 Å². The molecule has 0 radical (unpaired) electrons. The number of benzene rings is 1. The molecule has 0 bridgehead atoms. The molecule has 0 fully saturated rings. The molecule has 0 nitrogen and oxygen atoms in total. The lowest BCUT2D eigenvalue weighted by Gasteiger charge is -2.30. The highest BCUT2D eigenvalue weighted by Gasteiger charge is 2.33. The van der Waals surface area contributed by atoms with Crippen LogP contribution in [-0.4, -0.2) is 0 Å². The fraction of sp³-hybridized carbons (Fsp3) is 0.385. The van der Waals surface area contributed by atoms with Gasteiger partial charge in [0.1, 0.15) is 0 Å². The van der Waals surface area contributed by atoms with Crippen molar-refractivity contribution in [3.8, 4) is 0 Å². The van der Waals surface area contributed by atoms with E-state index in [0.29, 0.717) is 11.8 Å². The number of hydrogen-bond donors (Lipinski definition) is 0. The molecule has 2 unspecified atom stereocenters. The molecule has 0 spiro atoms. The molecule has 144 valence electrons. The monoisotopic (exact) mass is 496 g/mol. The van der Waals surface area contributed by atoms with Crippen molar-refractivity contribution in [1.82, 2.24) is 0 Å². The molecule has 2 atom stereocenters. The zero-order valence-corrected chi connectivity index (χ0v) is 19.8. The predicted octanol–water partition coefficient (Wildman–Crippen LogP) is 8.77. The predicted molar refractivity (Wildman–Crippen MR) is 127 cm³/mol. The van der Waals surface area contributed by atoms with Crippen molar-refractivity contribution in [2.24, 2.45) is 5.92 Å². The second kappa shape index (κ2) is 7.29. The van der Waals surface area contributed by atoms with E-state index in [4.69, 9.17) is 0 Å². The average molecular weight is 498 g/mol. The Hall–Kier alpha value is -1.12. The van der Waals surface area contributed by atoms with Gasteiger partial charge in [-0.25, -0.2) is 0 Å². The van der Waals surface area contributed by atoms with E-state index in [1.54, 1.807) is 22.3 Å². The maximum absolute atomic E-state index is 3.90. The number of allylic oxidation sites excluding steroid dienone is 9. The van der Waals surface area contributed by atoms with E-state index in [1.807, 2.05) is 0 Å². The van der Waals surface area contributed by atoms with Crippen LogP contribution in [-0.2, 0) is 0 Å². The van der Waals surface area contributed by atoms with E-state index in [1.165, 1.54) is 63.3 Å². The van der Waals surface area contributed by atoms with E-state index < -0.39 is 0 Å². The lowest BCUT2D eigenvalue weighted by atomic mass is 9.77. The zero-order valence-electron chi connectivity index (χ0n) is 16.6. The zero-order chi connectivity index (χ0) is 19.4.